The first kappa shape index (κ1) is 14.4. The normalized spacial score (nSPS) is 26.4. The Morgan fingerprint density at radius 3 is 2.58 bits per heavy atom. The van der Waals surface area contributed by atoms with E-state index < -0.39 is 17.7 Å². The van der Waals surface area contributed by atoms with E-state index in [9.17, 15) is 8.78 Å². The molecule has 19 heavy (non-hydrogen) atoms. The maximum absolute atomic E-state index is 13.7. The molecule has 0 amide bonds. The SMILES string of the molecule is CC1CN(CC(N)c2cccc(F)c2F)CC(C)O1. The van der Waals surface area contributed by atoms with Gasteiger partial charge in [0.2, 0.25) is 0 Å². The Labute approximate surface area is 112 Å². The summed E-state index contributed by atoms with van der Waals surface area (Å²) in [4.78, 5) is 2.13. The number of ether oxygens (including phenoxy) is 1. The molecule has 2 N–H and O–H groups in total. The molecule has 1 fully saturated rings. The summed E-state index contributed by atoms with van der Waals surface area (Å²) in [5.41, 5.74) is 6.23. The highest BCUT2D eigenvalue weighted by Crippen LogP contribution is 2.20. The topological polar surface area (TPSA) is 38.5 Å². The summed E-state index contributed by atoms with van der Waals surface area (Å²) in [5, 5.41) is 0. The van der Waals surface area contributed by atoms with Gasteiger partial charge in [-0.25, -0.2) is 8.78 Å². The van der Waals surface area contributed by atoms with Crippen molar-refractivity contribution in [3.05, 3.63) is 35.4 Å². The molecule has 3 atom stereocenters. The van der Waals surface area contributed by atoms with Crippen molar-refractivity contribution < 1.29 is 13.5 Å². The Morgan fingerprint density at radius 1 is 1.32 bits per heavy atom. The van der Waals surface area contributed by atoms with Crippen LogP contribution in [0.15, 0.2) is 18.2 Å². The first-order chi connectivity index (χ1) is 8.97. The van der Waals surface area contributed by atoms with Crippen molar-refractivity contribution in [1.29, 1.82) is 0 Å². The lowest BCUT2D eigenvalue weighted by Gasteiger charge is -2.36. The molecule has 1 heterocycles. The minimum atomic E-state index is -0.850. The largest absolute Gasteiger partial charge is 0.373 e. The monoisotopic (exact) mass is 270 g/mol. The fourth-order valence-corrected chi connectivity index (χ4v) is 2.62. The standard InChI is InChI=1S/C14H20F2N2O/c1-9-6-18(7-10(2)19-9)8-13(17)11-4-3-5-12(15)14(11)16/h3-5,9-10,13H,6-8,17H2,1-2H3. The van der Waals surface area contributed by atoms with Crippen molar-refractivity contribution in [3.63, 3.8) is 0 Å². The van der Waals surface area contributed by atoms with Crippen LogP contribution >= 0.6 is 0 Å². The van der Waals surface area contributed by atoms with Crippen LogP contribution in [0.1, 0.15) is 25.5 Å². The molecule has 3 nitrogen and oxygen atoms in total. The molecule has 0 bridgehead atoms. The van der Waals surface area contributed by atoms with Gasteiger partial charge in [0, 0.05) is 31.2 Å². The average Bonchev–Trinajstić information content (AvgIpc) is 2.31. The predicted molar refractivity (Wildman–Crippen MR) is 69.7 cm³/mol. The van der Waals surface area contributed by atoms with Crippen molar-refractivity contribution >= 4 is 0 Å². The molecule has 3 unspecified atom stereocenters. The average molecular weight is 270 g/mol. The summed E-state index contributed by atoms with van der Waals surface area (Å²) in [6, 6.07) is 3.59. The van der Waals surface area contributed by atoms with E-state index in [-0.39, 0.29) is 17.8 Å². The molecule has 0 aliphatic carbocycles. The molecular formula is C14H20F2N2O. The number of halogens is 2. The van der Waals surface area contributed by atoms with Crippen molar-refractivity contribution in [2.45, 2.75) is 32.1 Å². The third-order valence-electron chi connectivity index (χ3n) is 3.33. The third-order valence-corrected chi connectivity index (χ3v) is 3.33. The summed E-state index contributed by atoms with van der Waals surface area (Å²) in [6.45, 7) is 6.01. The van der Waals surface area contributed by atoms with Gasteiger partial charge >= 0.3 is 0 Å². The van der Waals surface area contributed by atoms with E-state index in [1.807, 2.05) is 13.8 Å². The summed E-state index contributed by atoms with van der Waals surface area (Å²) < 4.78 is 32.5. The maximum Gasteiger partial charge on any atom is 0.163 e. The van der Waals surface area contributed by atoms with E-state index in [1.54, 1.807) is 0 Å². The smallest absolute Gasteiger partial charge is 0.163 e. The molecule has 1 aliphatic rings. The number of nitrogens with two attached hydrogens (primary N) is 1. The van der Waals surface area contributed by atoms with E-state index in [0.717, 1.165) is 19.2 Å². The maximum atomic E-state index is 13.7. The summed E-state index contributed by atoms with van der Waals surface area (Å²) in [6.07, 6.45) is 0.265. The van der Waals surface area contributed by atoms with E-state index in [4.69, 9.17) is 10.5 Å². The lowest BCUT2D eigenvalue weighted by molar-refractivity contribution is -0.0692. The lowest BCUT2D eigenvalue weighted by Crippen LogP contribution is -2.47. The fraction of sp³-hybridized carbons (Fsp3) is 0.571. The van der Waals surface area contributed by atoms with Gasteiger partial charge in [-0.2, -0.15) is 0 Å². The van der Waals surface area contributed by atoms with Gasteiger partial charge in [-0.1, -0.05) is 12.1 Å². The number of hydrogen-bond acceptors (Lipinski definition) is 3. The Balaban J connectivity index is 2.04. The van der Waals surface area contributed by atoms with Gasteiger partial charge in [0.1, 0.15) is 0 Å². The van der Waals surface area contributed by atoms with Crippen molar-refractivity contribution in [2.24, 2.45) is 5.73 Å². The zero-order chi connectivity index (χ0) is 14.0. The minimum absolute atomic E-state index is 0.133. The minimum Gasteiger partial charge on any atom is -0.373 e. The van der Waals surface area contributed by atoms with E-state index >= 15 is 0 Å². The lowest BCUT2D eigenvalue weighted by atomic mass is 10.1. The van der Waals surface area contributed by atoms with Gasteiger partial charge in [-0.15, -0.1) is 0 Å². The fourth-order valence-electron chi connectivity index (χ4n) is 2.62. The number of nitrogens with zero attached hydrogens (tertiary/aromatic N) is 1. The molecule has 1 aromatic carbocycles. The highest BCUT2D eigenvalue weighted by Gasteiger charge is 2.25. The van der Waals surface area contributed by atoms with Gasteiger partial charge in [0.05, 0.1) is 12.2 Å². The van der Waals surface area contributed by atoms with E-state index in [0.29, 0.717) is 6.54 Å². The first-order valence-corrected chi connectivity index (χ1v) is 6.54. The predicted octanol–water partition coefficient (Wildman–Crippen LogP) is 2.07. The number of morpholine rings is 1. The highest BCUT2D eigenvalue weighted by molar-refractivity contribution is 5.22. The summed E-state index contributed by atoms with van der Waals surface area (Å²) in [7, 11) is 0. The molecule has 106 valence electrons. The second-order valence-electron chi connectivity index (χ2n) is 5.23. The van der Waals surface area contributed by atoms with Crippen molar-refractivity contribution in [2.75, 3.05) is 19.6 Å². The molecule has 1 aromatic rings. The second-order valence-corrected chi connectivity index (χ2v) is 5.23. The number of rotatable bonds is 3. The van der Waals surface area contributed by atoms with Crippen LogP contribution in [-0.4, -0.2) is 36.7 Å². The Hall–Kier alpha value is -1.04. The van der Waals surface area contributed by atoms with Gasteiger partial charge < -0.3 is 10.5 Å². The zero-order valence-corrected chi connectivity index (χ0v) is 11.3. The van der Waals surface area contributed by atoms with Crippen LogP contribution in [0.2, 0.25) is 0 Å². The first-order valence-electron chi connectivity index (χ1n) is 6.54. The van der Waals surface area contributed by atoms with Crippen LogP contribution in [0.3, 0.4) is 0 Å². The second kappa shape index (κ2) is 5.94. The summed E-state index contributed by atoms with van der Waals surface area (Å²) >= 11 is 0. The molecule has 0 spiro atoms. The van der Waals surface area contributed by atoms with Crippen LogP contribution in [0.4, 0.5) is 8.78 Å². The van der Waals surface area contributed by atoms with Crippen molar-refractivity contribution in [3.8, 4) is 0 Å². The Bertz CT molecular complexity index is 431. The summed E-state index contributed by atoms with van der Waals surface area (Å²) in [5.74, 6) is -1.69. The number of benzene rings is 1. The molecule has 0 saturated carbocycles. The van der Waals surface area contributed by atoms with Crippen LogP contribution < -0.4 is 5.73 Å². The molecular weight excluding hydrogens is 250 g/mol. The van der Waals surface area contributed by atoms with Crippen LogP contribution in [0.5, 0.6) is 0 Å². The number of hydrogen-bond donors (Lipinski definition) is 1. The third kappa shape index (κ3) is 3.49. The zero-order valence-electron chi connectivity index (χ0n) is 11.3. The Kier molecular flexibility index (Phi) is 4.50. The molecule has 5 heteroatoms. The quantitative estimate of drug-likeness (QED) is 0.914. The van der Waals surface area contributed by atoms with Gasteiger partial charge in [0.25, 0.3) is 0 Å². The molecule has 0 aromatic heterocycles. The van der Waals surface area contributed by atoms with Crippen molar-refractivity contribution in [1.82, 2.24) is 4.90 Å². The van der Waals surface area contributed by atoms with Crippen LogP contribution in [0.25, 0.3) is 0 Å². The molecule has 2 rings (SSSR count). The van der Waals surface area contributed by atoms with E-state index in [1.165, 1.54) is 12.1 Å². The molecule has 0 radical (unpaired) electrons. The van der Waals surface area contributed by atoms with Gasteiger partial charge in [-0.3, -0.25) is 4.90 Å². The molecule has 1 saturated heterocycles. The van der Waals surface area contributed by atoms with Gasteiger partial charge in [0.15, 0.2) is 11.6 Å². The van der Waals surface area contributed by atoms with Crippen LogP contribution in [0, 0.1) is 11.6 Å². The van der Waals surface area contributed by atoms with Crippen LogP contribution in [-0.2, 0) is 4.74 Å². The molecule has 1 aliphatic heterocycles. The highest BCUT2D eigenvalue weighted by atomic mass is 19.2. The van der Waals surface area contributed by atoms with E-state index in [2.05, 4.69) is 4.90 Å². The van der Waals surface area contributed by atoms with Gasteiger partial charge in [-0.05, 0) is 19.9 Å². The Morgan fingerprint density at radius 2 is 1.95 bits per heavy atom.